The van der Waals surface area contributed by atoms with Gasteiger partial charge in [0.1, 0.15) is 5.82 Å². The third kappa shape index (κ3) is 4.15. The first-order chi connectivity index (χ1) is 9.99. The summed E-state index contributed by atoms with van der Waals surface area (Å²) in [6, 6.07) is 9.62. The lowest BCUT2D eigenvalue weighted by Gasteiger charge is -2.11. The van der Waals surface area contributed by atoms with Crippen LogP contribution < -0.4 is 11.1 Å². The number of aromatic nitrogens is 2. The van der Waals surface area contributed by atoms with Gasteiger partial charge in [-0.3, -0.25) is 4.79 Å². The number of nitrogens with two attached hydrogens (primary N) is 1. The minimum absolute atomic E-state index is 0.0518. The van der Waals surface area contributed by atoms with Crippen LogP contribution in [0.15, 0.2) is 34.8 Å². The Morgan fingerprint density at radius 1 is 1.48 bits per heavy atom. The average Bonchev–Trinajstić information content (AvgIpc) is 2.79. The predicted octanol–water partition coefficient (Wildman–Crippen LogP) is 2.87. The Kier molecular flexibility index (Phi) is 5.14. The van der Waals surface area contributed by atoms with Crippen LogP contribution in [0.25, 0.3) is 5.69 Å². The highest BCUT2D eigenvalue weighted by atomic mass is 79.9. The van der Waals surface area contributed by atoms with Crippen molar-refractivity contribution >= 4 is 27.7 Å². The van der Waals surface area contributed by atoms with E-state index in [0.717, 1.165) is 15.9 Å². The summed E-state index contributed by atoms with van der Waals surface area (Å²) >= 11 is 3.44. The number of halogens is 1. The minimum Gasteiger partial charge on any atom is -0.330 e. The maximum absolute atomic E-state index is 12.0. The first kappa shape index (κ1) is 15.7. The van der Waals surface area contributed by atoms with Crippen LogP contribution in [0, 0.1) is 12.8 Å². The van der Waals surface area contributed by atoms with Crippen LogP contribution in [0.4, 0.5) is 5.82 Å². The van der Waals surface area contributed by atoms with Gasteiger partial charge in [-0.05, 0) is 37.6 Å². The van der Waals surface area contributed by atoms with E-state index in [1.165, 1.54) is 0 Å². The van der Waals surface area contributed by atoms with Crippen molar-refractivity contribution in [3.63, 3.8) is 0 Å². The van der Waals surface area contributed by atoms with Gasteiger partial charge < -0.3 is 11.1 Å². The molecule has 0 bridgehead atoms. The van der Waals surface area contributed by atoms with Crippen LogP contribution in [-0.2, 0) is 4.79 Å². The summed E-state index contributed by atoms with van der Waals surface area (Å²) in [7, 11) is 0. The summed E-state index contributed by atoms with van der Waals surface area (Å²) in [5.41, 5.74) is 7.29. The van der Waals surface area contributed by atoms with Crippen LogP contribution in [0.3, 0.4) is 0 Å². The second kappa shape index (κ2) is 6.87. The molecule has 0 aliphatic rings. The van der Waals surface area contributed by atoms with Gasteiger partial charge >= 0.3 is 0 Å². The van der Waals surface area contributed by atoms with Crippen molar-refractivity contribution < 1.29 is 4.79 Å². The quantitative estimate of drug-likeness (QED) is 0.870. The third-order valence-electron chi connectivity index (χ3n) is 3.09. The molecule has 2 rings (SSSR count). The van der Waals surface area contributed by atoms with Crippen LogP contribution in [0.2, 0.25) is 0 Å². The molecule has 6 heteroatoms. The van der Waals surface area contributed by atoms with Crippen LogP contribution in [0.1, 0.15) is 19.0 Å². The van der Waals surface area contributed by atoms with Crippen LogP contribution >= 0.6 is 15.9 Å². The number of rotatable bonds is 5. The van der Waals surface area contributed by atoms with E-state index in [-0.39, 0.29) is 11.8 Å². The molecule has 1 aromatic heterocycles. The van der Waals surface area contributed by atoms with Gasteiger partial charge in [0.05, 0.1) is 11.4 Å². The Hall–Kier alpha value is -1.66. The van der Waals surface area contributed by atoms with E-state index in [2.05, 4.69) is 26.3 Å². The van der Waals surface area contributed by atoms with E-state index < -0.39 is 0 Å². The van der Waals surface area contributed by atoms with E-state index in [9.17, 15) is 4.79 Å². The molecule has 21 heavy (non-hydrogen) atoms. The van der Waals surface area contributed by atoms with Crippen molar-refractivity contribution in [1.29, 1.82) is 0 Å². The van der Waals surface area contributed by atoms with E-state index >= 15 is 0 Å². The summed E-state index contributed by atoms with van der Waals surface area (Å²) in [4.78, 5) is 12.0. The van der Waals surface area contributed by atoms with Crippen molar-refractivity contribution in [2.75, 3.05) is 11.9 Å². The lowest BCUT2D eigenvalue weighted by Crippen LogP contribution is -2.21. The second-order valence-electron chi connectivity index (χ2n) is 5.16. The molecule has 2 aromatic rings. The van der Waals surface area contributed by atoms with E-state index in [1.54, 1.807) is 4.68 Å². The van der Waals surface area contributed by atoms with Gasteiger partial charge in [0.25, 0.3) is 0 Å². The zero-order valence-electron chi connectivity index (χ0n) is 12.1. The summed E-state index contributed by atoms with van der Waals surface area (Å²) < 4.78 is 2.69. The molecule has 0 saturated heterocycles. The van der Waals surface area contributed by atoms with Gasteiger partial charge in [0.2, 0.25) is 5.91 Å². The second-order valence-corrected chi connectivity index (χ2v) is 6.07. The number of hydrogen-bond acceptors (Lipinski definition) is 3. The molecule has 112 valence electrons. The molecule has 1 amide bonds. The number of carbonyl (C=O) groups excluding carboxylic acids is 1. The maximum atomic E-state index is 12.0. The van der Waals surface area contributed by atoms with Gasteiger partial charge in [-0.25, -0.2) is 4.68 Å². The van der Waals surface area contributed by atoms with E-state index in [0.29, 0.717) is 18.8 Å². The molecule has 1 aromatic carbocycles. The molecule has 1 unspecified atom stereocenters. The molecule has 0 saturated carbocycles. The van der Waals surface area contributed by atoms with E-state index in [1.807, 2.05) is 44.2 Å². The van der Waals surface area contributed by atoms with E-state index in [4.69, 9.17) is 5.73 Å². The zero-order chi connectivity index (χ0) is 15.4. The predicted molar refractivity (Wildman–Crippen MR) is 87.5 cm³/mol. The lowest BCUT2D eigenvalue weighted by atomic mass is 10.1. The molecule has 0 fully saturated rings. The third-order valence-corrected chi connectivity index (χ3v) is 3.58. The number of anilines is 1. The fraction of sp³-hybridized carbons (Fsp3) is 0.333. The number of carbonyl (C=O) groups is 1. The Morgan fingerprint density at radius 2 is 2.24 bits per heavy atom. The van der Waals surface area contributed by atoms with Crippen molar-refractivity contribution in [2.45, 2.75) is 20.3 Å². The molecule has 0 aliphatic heterocycles. The monoisotopic (exact) mass is 350 g/mol. The molecule has 0 radical (unpaired) electrons. The summed E-state index contributed by atoms with van der Waals surface area (Å²) in [6.07, 6.45) is 0.402. The highest BCUT2D eigenvalue weighted by Gasteiger charge is 2.13. The Morgan fingerprint density at radius 3 is 2.90 bits per heavy atom. The highest BCUT2D eigenvalue weighted by Crippen LogP contribution is 2.20. The number of nitrogens with one attached hydrogen (secondary N) is 1. The van der Waals surface area contributed by atoms with Gasteiger partial charge in [-0.1, -0.05) is 28.9 Å². The van der Waals surface area contributed by atoms with Crippen LogP contribution in [-0.4, -0.2) is 22.2 Å². The standard InChI is InChI=1S/C15H19BrN4O/c1-10(9-17)6-15(21)18-14-7-11(2)19-20(14)13-5-3-4-12(16)8-13/h3-5,7-8,10H,6,9,17H2,1-2H3,(H,18,21). The smallest absolute Gasteiger partial charge is 0.225 e. The zero-order valence-corrected chi connectivity index (χ0v) is 13.7. The van der Waals surface area contributed by atoms with Crippen LogP contribution in [0.5, 0.6) is 0 Å². The molecule has 0 spiro atoms. The van der Waals surface area contributed by atoms with Gasteiger partial charge in [-0.15, -0.1) is 0 Å². The number of benzene rings is 1. The lowest BCUT2D eigenvalue weighted by molar-refractivity contribution is -0.116. The largest absolute Gasteiger partial charge is 0.330 e. The molecule has 0 aliphatic carbocycles. The van der Waals surface area contributed by atoms with Crippen molar-refractivity contribution in [3.8, 4) is 5.69 Å². The molecule has 1 atom stereocenters. The van der Waals surface area contributed by atoms with Crippen molar-refractivity contribution in [2.24, 2.45) is 11.7 Å². The molecule has 5 nitrogen and oxygen atoms in total. The molecular formula is C15H19BrN4O. The summed E-state index contributed by atoms with van der Waals surface area (Å²) in [6.45, 7) is 4.35. The van der Waals surface area contributed by atoms with Gasteiger partial charge in [0, 0.05) is 17.0 Å². The topological polar surface area (TPSA) is 72.9 Å². The molecule has 1 heterocycles. The SMILES string of the molecule is Cc1cc(NC(=O)CC(C)CN)n(-c2cccc(Br)c2)n1. The summed E-state index contributed by atoms with van der Waals surface area (Å²) in [5.74, 6) is 0.775. The number of aryl methyl sites for hydroxylation is 1. The first-order valence-corrected chi connectivity index (χ1v) is 7.61. The Bertz CT molecular complexity index is 638. The number of hydrogen-bond donors (Lipinski definition) is 2. The average molecular weight is 351 g/mol. The van der Waals surface area contributed by atoms with Crippen molar-refractivity contribution in [3.05, 3.63) is 40.5 Å². The fourth-order valence-corrected chi connectivity index (χ4v) is 2.37. The Balaban J connectivity index is 2.23. The highest BCUT2D eigenvalue weighted by molar-refractivity contribution is 9.10. The van der Waals surface area contributed by atoms with Crippen molar-refractivity contribution in [1.82, 2.24) is 9.78 Å². The van der Waals surface area contributed by atoms with Gasteiger partial charge in [-0.2, -0.15) is 5.10 Å². The summed E-state index contributed by atoms with van der Waals surface area (Å²) in [5, 5.41) is 7.34. The minimum atomic E-state index is -0.0518. The first-order valence-electron chi connectivity index (χ1n) is 6.82. The number of amides is 1. The molecular weight excluding hydrogens is 332 g/mol. The maximum Gasteiger partial charge on any atom is 0.225 e. The van der Waals surface area contributed by atoms with Gasteiger partial charge in [0.15, 0.2) is 0 Å². The number of nitrogens with zero attached hydrogens (tertiary/aromatic N) is 2. The molecule has 3 N–H and O–H groups in total. The fourth-order valence-electron chi connectivity index (χ4n) is 1.99. The Labute approximate surface area is 132 Å². The normalized spacial score (nSPS) is 12.2.